The molecule has 0 aliphatic carbocycles. The van der Waals surface area contributed by atoms with Gasteiger partial charge in [0.15, 0.2) is 0 Å². The lowest BCUT2D eigenvalue weighted by atomic mass is 10.1. The van der Waals surface area contributed by atoms with Gasteiger partial charge in [-0.3, -0.25) is 9.89 Å². The van der Waals surface area contributed by atoms with Gasteiger partial charge in [-0.05, 0) is 13.0 Å². The molecule has 0 spiro atoms. The summed E-state index contributed by atoms with van der Waals surface area (Å²) >= 11 is 0. The number of halogens is 1. The Morgan fingerprint density at radius 1 is 1.33 bits per heavy atom. The quantitative estimate of drug-likeness (QED) is 0.891. The van der Waals surface area contributed by atoms with Gasteiger partial charge < -0.3 is 10.2 Å². The van der Waals surface area contributed by atoms with Crippen molar-refractivity contribution < 1.29 is 4.79 Å². The highest BCUT2D eigenvalue weighted by atomic mass is 35.5. The number of nitrogens with zero attached hydrogens (tertiary/aromatic N) is 2. The highest BCUT2D eigenvalue weighted by Crippen LogP contribution is 2.18. The Morgan fingerprint density at radius 3 is 2.81 bits per heavy atom. The van der Waals surface area contributed by atoms with Crippen LogP contribution in [-0.2, 0) is 0 Å². The van der Waals surface area contributed by atoms with E-state index in [-0.39, 0.29) is 24.4 Å². The average Bonchev–Trinajstić information content (AvgIpc) is 2.98. The number of benzene rings is 1. The van der Waals surface area contributed by atoms with Gasteiger partial charge in [0.1, 0.15) is 5.69 Å². The van der Waals surface area contributed by atoms with Gasteiger partial charge in [-0.25, -0.2) is 0 Å². The van der Waals surface area contributed by atoms with Crippen molar-refractivity contribution in [1.82, 2.24) is 20.4 Å². The molecule has 0 unspecified atom stereocenters. The largest absolute Gasteiger partial charge is 0.332 e. The summed E-state index contributed by atoms with van der Waals surface area (Å²) in [4.78, 5) is 14.4. The van der Waals surface area contributed by atoms with Crippen molar-refractivity contribution >= 4 is 18.3 Å². The molecule has 1 aromatic carbocycles. The van der Waals surface area contributed by atoms with Gasteiger partial charge in [0.25, 0.3) is 5.91 Å². The highest BCUT2D eigenvalue weighted by Gasteiger charge is 2.25. The van der Waals surface area contributed by atoms with E-state index in [0.717, 1.165) is 30.9 Å². The molecule has 1 saturated heterocycles. The number of carbonyl (C=O) groups is 1. The van der Waals surface area contributed by atoms with Gasteiger partial charge in [0.2, 0.25) is 0 Å². The summed E-state index contributed by atoms with van der Waals surface area (Å²) in [5, 5.41) is 10.4. The van der Waals surface area contributed by atoms with Gasteiger partial charge >= 0.3 is 0 Å². The molecule has 112 valence electrons. The summed E-state index contributed by atoms with van der Waals surface area (Å²) in [6.07, 6.45) is 0. The van der Waals surface area contributed by atoms with Crippen LogP contribution in [0.15, 0.2) is 36.4 Å². The van der Waals surface area contributed by atoms with Gasteiger partial charge in [-0.2, -0.15) is 5.10 Å². The zero-order valence-corrected chi connectivity index (χ0v) is 12.7. The third-order valence-electron chi connectivity index (χ3n) is 3.64. The number of nitrogens with one attached hydrogen (secondary N) is 2. The lowest BCUT2D eigenvalue weighted by Gasteiger charge is -2.33. The minimum absolute atomic E-state index is 0. The first kappa shape index (κ1) is 15.5. The van der Waals surface area contributed by atoms with E-state index in [1.54, 1.807) is 0 Å². The Morgan fingerprint density at radius 2 is 2.10 bits per heavy atom. The van der Waals surface area contributed by atoms with E-state index in [1.165, 1.54) is 0 Å². The molecule has 0 saturated carbocycles. The van der Waals surface area contributed by atoms with Crippen molar-refractivity contribution in [1.29, 1.82) is 0 Å². The van der Waals surface area contributed by atoms with E-state index in [0.29, 0.717) is 5.69 Å². The van der Waals surface area contributed by atoms with E-state index in [9.17, 15) is 4.79 Å². The van der Waals surface area contributed by atoms with Crippen molar-refractivity contribution in [2.75, 3.05) is 19.6 Å². The molecule has 1 aliphatic rings. The average molecular weight is 307 g/mol. The summed E-state index contributed by atoms with van der Waals surface area (Å²) < 4.78 is 0. The Bertz CT molecular complexity index is 599. The molecule has 1 aliphatic heterocycles. The molecule has 1 aromatic heterocycles. The Balaban J connectivity index is 0.00000161. The Hall–Kier alpha value is -1.85. The molecule has 2 N–H and O–H groups in total. The fourth-order valence-electron chi connectivity index (χ4n) is 2.49. The normalized spacial score (nSPS) is 18.1. The second-order valence-corrected chi connectivity index (χ2v) is 5.08. The minimum Gasteiger partial charge on any atom is -0.332 e. The summed E-state index contributed by atoms with van der Waals surface area (Å²) in [6, 6.07) is 11.9. The molecule has 2 heterocycles. The first-order chi connectivity index (χ1) is 9.75. The lowest BCUT2D eigenvalue weighted by Crippen LogP contribution is -2.52. The van der Waals surface area contributed by atoms with Gasteiger partial charge in [-0.15, -0.1) is 12.4 Å². The number of rotatable bonds is 2. The fourth-order valence-corrected chi connectivity index (χ4v) is 2.49. The molecular formula is C15H19ClN4O. The summed E-state index contributed by atoms with van der Waals surface area (Å²) in [5.74, 6) is 0.0219. The van der Waals surface area contributed by atoms with E-state index in [4.69, 9.17) is 0 Å². The van der Waals surface area contributed by atoms with E-state index in [1.807, 2.05) is 41.3 Å². The van der Waals surface area contributed by atoms with Crippen molar-refractivity contribution in [3.8, 4) is 11.3 Å². The monoisotopic (exact) mass is 306 g/mol. The number of aromatic nitrogens is 2. The van der Waals surface area contributed by atoms with Crippen molar-refractivity contribution in [3.05, 3.63) is 42.1 Å². The molecule has 5 nitrogen and oxygen atoms in total. The van der Waals surface area contributed by atoms with E-state index >= 15 is 0 Å². The molecule has 0 bridgehead atoms. The smallest absolute Gasteiger partial charge is 0.272 e. The summed E-state index contributed by atoms with van der Waals surface area (Å²) in [6.45, 7) is 4.47. The van der Waals surface area contributed by atoms with Crippen molar-refractivity contribution in [3.63, 3.8) is 0 Å². The van der Waals surface area contributed by atoms with Crippen LogP contribution in [0.1, 0.15) is 17.4 Å². The first-order valence-electron chi connectivity index (χ1n) is 6.88. The number of hydrogen-bond acceptors (Lipinski definition) is 3. The zero-order valence-electron chi connectivity index (χ0n) is 11.9. The third-order valence-corrected chi connectivity index (χ3v) is 3.64. The Kier molecular flexibility index (Phi) is 4.98. The van der Waals surface area contributed by atoms with Gasteiger partial charge in [0.05, 0.1) is 5.69 Å². The first-order valence-corrected chi connectivity index (χ1v) is 6.88. The highest BCUT2D eigenvalue weighted by molar-refractivity contribution is 5.93. The van der Waals surface area contributed by atoms with Crippen LogP contribution >= 0.6 is 12.4 Å². The molecule has 3 rings (SSSR count). The van der Waals surface area contributed by atoms with Crippen LogP contribution in [0.25, 0.3) is 11.3 Å². The van der Waals surface area contributed by atoms with Gasteiger partial charge in [-0.1, -0.05) is 30.3 Å². The van der Waals surface area contributed by atoms with Crippen molar-refractivity contribution in [2.45, 2.75) is 13.0 Å². The van der Waals surface area contributed by atoms with Crippen LogP contribution < -0.4 is 5.32 Å². The van der Waals surface area contributed by atoms with Crippen LogP contribution in [-0.4, -0.2) is 46.7 Å². The van der Waals surface area contributed by atoms with Gasteiger partial charge in [0, 0.05) is 31.2 Å². The molecule has 2 aromatic rings. The number of carbonyl (C=O) groups excluding carboxylic acids is 1. The number of H-pyrrole nitrogens is 1. The maximum absolute atomic E-state index is 12.5. The number of hydrogen-bond donors (Lipinski definition) is 2. The number of amides is 1. The molecular weight excluding hydrogens is 288 g/mol. The maximum Gasteiger partial charge on any atom is 0.272 e. The fraction of sp³-hybridized carbons (Fsp3) is 0.333. The Labute approximate surface area is 130 Å². The summed E-state index contributed by atoms with van der Waals surface area (Å²) in [7, 11) is 0. The molecule has 1 amide bonds. The standard InChI is InChI=1S/C15H18N4O.ClH/c1-11-10-16-7-8-19(11)15(20)14-9-13(17-18-14)12-5-3-2-4-6-12;/h2-6,9,11,16H,7-8,10H2,1H3,(H,17,18);1H/t11-;/m1./s1. The topological polar surface area (TPSA) is 61.0 Å². The third kappa shape index (κ3) is 3.25. The van der Waals surface area contributed by atoms with Crippen LogP contribution in [0.5, 0.6) is 0 Å². The van der Waals surface area contributed by atoms with E-state index in [2.05, 4.69) is 22.4 Å². The molecule has 21 heavy (non-hydrogen) atoms. The zero-order chi connectivity index (χ0) is 13.9. The van der Waals surface area contributed by atoms with Crippen LogP contribution in [0.2, 0.25) is 0 Å². The molecule has 0 radical (unpaired) electrons. The number of piperazine rings is 1. The minimum atomic E-state index is 0. The molecule has 1 fully saturated rings. The maximum atomic E-state index is 12.5. The predicted octanol–water partition coefficient (Wildman–Crippen LogP) is 1.93. The second kappa shape index (κ2) is 6.74. The lowest BCUT2D eigenvalue weighted by molar-refractivity contribution is 0.0649. The molecule has 1 atom stereocenters. The van der Waals surface area contributed by atoms with Crippen LogP contribution in [0.4, 0.5) is 0 Å². The van der Waals surface area contributed by atoms with Crippen LogP contribution in [0, 0.1) is 0 Å². The van der Waals surface area contributed by atoms with Crippen LogP contribution in [0.3, 0.4) is 0 Å². The predicted molar refractivity (Wildman–Crippen MR) is 84.6 cm³/mol. The second-order valence-electron chi connectivity index (χ2n) is 5.08. The number of aromatic amines is 1. The SMILES string of the molecule is C[C@@H]1CNCCN1C(=O)c1cc(-c2ccccc2)n[nH]1.Cl. The molecule has 6 heteroatoms. The van der Waals surface area contributed by atoms with E-state index < -0.39 is 0 Å². The summed E-state index contributed by atoms with van der Waals surface area (Å²) in [5.41, 5.74) is 2.37. The van der Waals surface area contributed by atoms with Crippen molar-refractivity contribution in [2.24, 2.45) is 0 Å².